The van der Waals surface area contributed by atoms with E-state index in [1.54, 1.807) is 30.2 Å². The van der Waals surface area contributed by atoms with Gasteiger partial charge in [0.25, 0.3) is 0 Å². The number of esters is 1. The Kier molecular flexibility index (Phi) is 7.70. The molecule has 1 aromatic rings. The molecule has 0 heterocycles. The van der Waals surface area contributed by atoms with Gasteiger partial charge in [0, 0.05) is 20.2 Å². The maximum absolute atomic E-state index is 12.4. The van der Waals surface area contributed by atoms with Gasteiger partial charge in [-0.1, -0.05) is 6.07 Å². The van der Waals surface area contributed by atoms with Gasteiger partial charge in [-0.3, -0.25) is 0 Å². The quantitative estimate of drug-likeness (QED) is 0.702. The first-order valence-corrected chi connectivity index (χ1v) is 7.94. The molecule has 0 saturated carbocycles. The van der Waals surface area contributed by atoms with Crippen LogP contribution in [0.1, 0.15) is 36.7 Å². The number of carbonyl (C=O) groups is 2. The van der Waals surface area contributed by atoms with E-state index < -0.39 is 17.7 Å². The Hall–Kier alpha value is -2.28. The molecule has 0 aliphatic rings. The third-order valence-corrected chi connectivity index (χ3v) is 3.26. The zero-order valence-electron chi connectivity index (χ0n) is 15.8. The van der Waals surface area contributed by atoms with Crippen LogP contribution in [0.15, 0.2) is 18.2 Å². The van der Waals surface area contributed by atoms with Crippen LogP contribution in [0.5, 0.6) is 5.75 Å². The molecule has 0 bridgehead atoms. The molecule has 0 radical (unpaired) electrons. The monoisotopic (exact) mass is 353 g/mol. The summed E-state index contributed by atoms with van der Waals surface area (Å²) in [5, 5.41) is 0. The maximum Gasteiger partial charge on any atom is 0.410 e. The summed E-state index contributed by atoms with van der Waals surface area (Å²) in [6.45, 7) is 6.51. The van der Waals surface area contributed by atoms with Crippen LogP contribution in [0.4, 0.5) is 4.79 Å². The lowest BCUT2D eigenvalue weighted by Gasteiger charge is -2.27. The molecule has 0 aromatic heterocycles. The highest BCUT2D eigenvalue weighted by molar-refractivity contribution is 5.92. The van der Waals surface area contributed by atoms with Crippen LogP contribution in [-0.4, -0.2) is 57.0 Å². The second-order valence-corrected chi connectivity index (χ2v) is 6.42. The third-order valence-electron chi connectivity index (χ3n) is 3.26. The van der Waals surface area contributed by atoms with Crippen molar-refractivity contribution in [2.45, 2.75) is 32.9 Å². The molecule has 140 valence electrons. The molecule has 7 nitrogen and oxygen atoms in total. The summed E-state index contributed by atoms with van der Waals surface area (Å²) in [5.74, 6) is -0.0907. The highest BCUT2D eigenvalue weighted by atomic mass is 16.6. The third kappa shape index (κ3) is 6.62. The minimum atomic E-state index is -0.588. The number of nitrogens with zero attached hydrogens (tertiary/aromatic N) is 1. The Labute approximate surface area is 148 Å². The normalized spacial score (nSPS) is 11.0. The largest absolute Gasteiger partial charge is 0.496 e. The highest BCUT2D eigenvalue weighted by Crippen LogP contribution is 2.22. The van der Waals surface area contributed by atoms with E-state index in [4.69, 9.17) is 18.9 Å². The Morgan fingerprint density at radius 3 is 2.32 bits per heavy atom. The van der Waals surface area contributed by atoms with Gasteiger partial charge in [-0.2, -0.15) is 0 Å². The molecular formula is C18H27NO6. The number of ether oxygens (including phenoxy) is 4. The molecule has 1 amide bonds. The average molecular weight is 353 g/mol. The summed E-state index contributed by atoms with van der Waals surface area (Å²) in [4.78, 5) is 25.7. The van der Waals surface area contributed by atoms with Gasteiger partial charge in [-0.25, -0.2) is 9.59 Å². The summed E-state index contributed by atoms with van der Waals surface area (Å²) < 4.78 is 20.5. The predicted octanol–water partition coefficient (Wildman–Crippen LogP) is 2.87. The molecule has 0 atom stereocenters. The zero-order chi connectivity index (χ0) is 19.0. The van der Waals surface area contributed by atoms with E-state index in [0.29, 0.717) is 31.0 Å². The second-order valence-electron chi connectivity index (χ2n) is 6.42. The first kappa shape index (κ1) is 20.8. The van der Waals surface area contributed by atoms with Gasteiger partial charge in [0.2, 0.25) is 0 Å². The molecule has 0 saturated heterocycles. The van der Waals surface area contributed by atoms with Crippen molar-refractivity contribution >= 4 is 12.1 Å². The summed E-state index contributed by atoms with van der Waals surface area (Å²) in [5.41, 5.74) is 0.537. The Bertz CT molecular complexity index is 594. The van der Waals surface area contributed by atoms with E-state index in [9.17, 15) is 9.59 Å². The van der Waals surface area contributed by atoms with Gasteiger partial charge < -0.3 is 23.8 Å². The van der Waals surface area contributed by atoms with E-state index in [2.05, 4.69) is 0 Å². The van der Waals surface area contributed by atoms with Crippen molar-refractivity contribution in [3.63, 3.8) is 0 Å². The molecule has 0 fully saturated rings. The van der Waals surface area contributed by atoms with Gasteiger partial charge >= 0.3 is 12.1 Å². The summed E-state index contributed by atoms with van der Waals surface area (Å²) in [6, 6.07) is 5.07. The van der Waals surface area contributed by atoms with Crippen LogP contribution in [0.25, 0.3) is 0 Å². The second kappa shape index (κ2) is 9.27. The number of methoxy groups -OCH3 is 3. The fourth-order valence-corrected chi connectivity index (χ4v) is 2.10. The summed E-state index contributed by atoms with van der Waals surface area (Å²) in [6.07, 6.45) is -0.430. The van der Waals surface area contributed by atoms with Crippen molar-refractivity contribution < 1.29 is 28.5 Å². The number of amides is 1. The first-order chi connectivity index (χ1) is 11.7. The number of hydrogen-bond donors (Lipinski definition) is 0. The molecule has 7 heteroatoms. The maximum atomic E-state index is 12.4. The Morgan fingerprint density at radius 1 is 1.12 bits per heavy atom. The number of rotatable bonds is 7. The van der Waals surface area contributed by atoms with E-state index in [-0.39, 0.29) is 0 Å². The van der Waals surface area contributed by atoms with Crippen molar-refractivity contribution in [3.8, 4) is 5.75 Å². The molecule has 0 aliphatic heterocycles. The van der Waals surface area contributed by atoms with E-state index in [1.807, 2.05) is 20.8 Å². The van der Waals surface area contributed by atoms with Crippen LogP contribution in [-0.2, 0) is 20.8 Å². The minimum absolute atomic E-state index is 0.302. The fourth-order valence-electron chi connectivity index (χ4n) is 2.10. The topological polar surface area (TPSA) is 74.3 Å². The number of carbonyl (C=O) groups excluding carboxylic acids is 2. The molecular weight excluding hydrogens is 326 g/mol. The fraction of sp³-hybridized carbons (Fsp3) is 0.556. The van der Waals surface area contributed by atoms with E-state index in [0.717, 1.165) is 5.56 Å². The summed E-state index contributed by atoms with van der Waals surface area (Å²) in [7, 11) is 4.36. The average Bonchev–Trinajstić information content (AvgIpc) is 2.55. The lowest BCUT2D eigenvalue weighted by molar-refractivity contribution is 0.0183. The standard InChI is InChI=1S/C18H27NO6/c1-18(2,3)25-17(21)19(9-10-22-4)12-13-7-8-14(16(20)24-6)15(11-13)23-5/h7-8,11H,9-10,12H2,1-6H3. The van der Waals surface area contributed by atoms with Gasteiger partial charge in [-0.05, 0) is 38.5 Å². The van der Waals surface area contributed by atoms with Gasteiger partial charge in [0.15, 0.2) is 0 Å². The molecule has 0 unspecified atom stereocenters. The smallest absolute Gasteiger partial charge is 0.410 e. The Morgan fingerprint density at radius 2 is 1.80 bits per heavy atom. The van der Waals surface area contributed by atoms with Crippen LogP contribution >= 0.6 is 0 Å². The van der Waals surface area contributed by atoms with Crippen molar-refractivity contribution in [1.82, 2.24) is 4.90 Å². The number of benzene rings is 1. The van der Waals surface area contributed by atoms with E-state index in [1.165, 1.54) is 14.2 Å². The van der Waals surface area contributed by atoms with Crippen LogP contribution in [0, 0.1) is 0 Å². The van der Waals surface area contributed by atoms with Gasteiger partial charge in [-0.15, -0.1) is 0 Å². The molecule has 0 spiro atoms. The Balaban J connectivity index is 2.99. The predicted molar refractivity (Wildman–Crippen MR) is 92.9 cm³/mol. The highest BCUT2D eigenvalue weighted by Gasteiger charge is 2.23. The van der Waals surface area contributed by atoms with Crippen molar-refractivity contribution in [2.24, 2.45) is 0 Å². The van der Waals surface area contributed by atoms with Crippen molar-refractivity contribution in [1.29, 1.82) is 0 Å². The van der Waals surface area contributed by atoms with Gasteiger partial charge in [0.1, 0.15) is 16.9 Å². The molecule has 0 aliphatic carbocycles. The minimum Gasteiger partial charge on any atom is -0.496 e. The zero-order valence-corrected chi connectivity index (χ0v) is 15.8. The van der Waals surface area contributed by atoms with Crippen LogP contribution in [0.3, 0.4) is 0 Å². The molecule has 25 heavy (non-hydrogen) atoms. The number of hydrogen-bond acceptors (Lipinski definition) is 6. The molecule has 1 aromatic carbocycles. The lowest BCUT2D eigenvalue weighted by atomic mass is 10.1. The van der Waals surface area contributed by atoms with E-state index >= 15 is 0 Å². The molecule has 1 rings (SSSR count). The van der Waals surface area contributed by atoms with Crippen LogP contribution < -0.4 is 4.74 Å². The van der Waals surface area contributed by atoms with Crippen molar-refractivity contribution in [2.75, 3.05) is 34.5 Å². The lowest BCUT2D eigenvalue weighted by Crippen LogP contribution is -2.38. The van der Waals surface area contributed by atoms with Gasteiger partial charge in [0.05, 0.1) is 20.8 Å². The van der Waals surface area contributed by atoms with Crippen molar-refractivity contribution in [3.05, 3.63) is 29.3 Å². The molecule has 0 N–H and O–H groups in total. The SMILES string of the molecule is COCCN(Cc1ccc(C(=O)OC)c(OC)c1)C(=O)OC(C)(C)C. The first-order valence-electron chi connectivity index (χ1n) is 7.94. The summed E-state index contributed by atoms with van der Waals surface area (Å²) >= 11 is 0. The van der Waals surface area contributed by atoms with Crippen LogP contribution in [0.2, 0.25) is 0 Å².